The molecule has 15 heavy (non-hydrogen) atoms. The molecular weight excluding hydrogens is 196 g/mol. The van der Waals surface area contributed by atoms with Gasteiger partial charge in [-0.3, -0.25) is 0 Å². The van der Waals surface area contributed by atoms with Crippen LogP contribution in [0.25, 0.3) is 0 Å². The van der Waals surface area contributed by atoms with Crippen molar-refractivity contribution in [3.8, 4) is 5.88 Å². The predicted molar refractivity (Wildman–Crippen MR) is 57.2 cm³/mol. The van der Waals surface area contributed by atoms with Crippen molar-refractivity contribution in [2.75, 3.05) is 24.7 Å². The van der Waals surface area contributed by atoms with Gasteiger partial charge in [0.1, 0.15) is 5.82 Å². The molecule has 0 aliphatic heterocycles. The average Bonchev–Trinajstić information content (AvgIpc) is 2.14. The molecule has 0 bridgehead atoms. The Morgan fingerprint density at radius 3 is 2.60 bits per heavy atom. The molecular formula is C9H16N4O2. The molecule has 5 N–H and O–H groups in total. The molecule has 0 saturated heterocycles. The molecule has 0 spiro atoms. The van der Waals surface area contributed by atoms with Gasteiger partial charge in [-0.15, -0.1) is 0 Å². The SMILES string of the molecule is CC(C)(CO)COc1cc(N)nc(N)n1. The number of ether oxygens (including phenoxy) is 1. The number of anilines is 2. The first kappa shape index (κ1) is 11.5. The molecule has 0 amide bonds. The highest BCUT2D eigenvalue weighted by Crippen LogP contribution is 2.18. The number of rotatable bonds is 4. The van der Waals surface area contributed by atoms with E-state index in [1.54, 1.807) is 0 Å². The number of nitrogens with zero attached hydrogens (tertiary/aromatic N) is 2. The van der Waals surface area contributed by atoms with E-state index in [0.29, 0.717) is 12.5 Å². The summed E-state index contributed by atoms with van der Waals surface area (Å²) in [5.74, 6) is 0.660. The molecule has 0 aromatic carbocycles. The van der Waals surface area contributed by atoms with Crippen LogP contribution >= 0.6 is 0 Å². The summed E-state index contributed by atoms with van der Waals surface area (Å²) in [6, 6.07) is 1.49. The summed E-state index contributed by atoms with van der Waals surface area (Å²) in [6.07, 6.45) is 0. The number of aromatic nitrogens is 2. The summed E-state index contributed by atoms with van der Waals surface area (Å²) < 4.78 is 5.35. The second-order valence-electron chi connectivity index (χ2n) is 4.10. The van der Waals surface area contributed by atoms with E-state index in [0.717, 1.165) is 0 Å². The molecule has 6 heteroatoms. The zero-order valence-corrected chi connectivity index (χ0v) is 8.90. The van der Waals surface area contributed by atoms with Crippen LogP contribution in [0.4, 0.5) is 11.8 Å². The third-order valence-corrected chi connectivity index (χ3v) is 1.78. The third-order valence-electron chi connectivity index (χ3n) is 1.78. The fraction of sp³-hybridized carbons (Fsp3) is 0.556. The standard InChI is InChI=1S/C9H16N4O2/c1-9(2,4-14)5-15-7-3-6(10)12-8(11)13-7/h3,14H,4-5H2,1-2H3,(H4,10,11,12,13). The molecule has 6 nitrogen and oxygen atoms in total. The summed E-state index contributed by atoms with van der Waals surface area (Å²) in [7, 11) is 0. The van der Waals surface area contributed by atoms with Crippen LogP contribution in [0.1, 0.15) is 13.8 Å². The number of nitrogen functional groups attached to an aromatic ring is 2. The lowest BCUT2D eigenvalue weighted by Crippen LogP contribution is -2.25. The largest absolute Gasteiger partial charge is 0.477 e. The fourth-order valence-electron chi connectivity index (χ4n) is 0.850. The molecule has 0 saturated carbocycles. The molecule has 0 atom stereocenters. The zero-order chi connectivity index (χ0) is 11.5. The molecule has 1 heterocycles. The van der Waals surface area contributed by atoms with E-state index in [-0.39, 0.29) is 23.8 Å². The van der Waals surface area contributed by atoms with Crippen LogP contribution in [-0.2, 0) is 0 Å². The van der Waals surface area contributed by atoms with E-state index in [1.165, 1.54) is 6.07 Å². The van der Waals surface area contributed by atoms with Crippen molar-refractivity contribution >= 4 is 11.8 Å². The van der Waals surface area contributed by atoms with Crippen molar-refractivity contribution in [3.05, 3.63) is 6.07 Å². The van der Waals surface area contributed by atoms with Crippen LogP contribution in [0, 0.1) is 5.41 Å². The molecule has 1 aromatic rings. The molecule has 0 aliphatic rings. The van der Waals surface area contributed by atoms with Gasteiger partial charge in [-0.05, 0) is 0 Å². The van der Waals surface area contributed by atoms with Gasteiger partial charge in [0.25, 0.3) is 0 Å². The minimum atomic E-state index is -0.325. The molecule has 0 radical (unpaired) electrons. The Morgan fingerprint density at radius 2 is 2.07 bits per heavy atom. The Balaban J connectivity index is 2.65. The Kier molecular flexibility index (Phi) is 3.31. The third kappa shape index (κ3) is 3.59. The second-order valence-corrected chi connectivity index (χ2v) is 4.10. The topological polar surface area (TPSA) is 107 Å². The quantitative estimate of drug-likeness (QED) is 0.650. The van der Waals surface area contributed by atoms with E-state index < -0.39 is 0 Å². The molecule has 1 aromatic heterocycles. The molecule has 1 rings (SSSR count). The van der Waals surface area contributed by atoms with Gasteiger partial charge in [-0.25, -0.2) is 0 Å². The molecule has 0 unspecified atom stereocenters. The maximum Gasteiger partial charge on any atom is 0.225 e. The number of hydrogen-bond donors (Lipinski definition) is 3. The van der Waals surface area contributed by atoms with Crippen LogP contribution in [0.15, 0.2) is 6.07 Å². The normalized spacial score (nSPS) is 11.4. The van der Waals surface area contributed by atoms with Crippen molar-refractivity contribution in [2.45, 2.75) is 13.8 Å². The molecule has 0 aliphatic carbocycles. The monoisotopic (exact) mass is 212 g/mol. The van der Waals surface area contributed by atoms with E-state index in [9.17, 15) is 0 Å². The number of hydrogen-bond acceptors (Lipinski definition) is 6. The van der Waals surface area contributed by atoms with Crippen LogP contribution in [0.5, 0.6) is 5.88 Å². The van der Waals surface area contributed by atoms with Gasteiger partial charge in [0.05, 0.1) is 13.2 Å². The lowest BCUT2D eigenvalue weighted by Gasteiger charge is -2.21. The minimum Gasteiger partial charge on any atom is -0.477 e. The maximum atomic E-state index is 9.02. The number of aliphatic hydroxyl groups excluding tert-OH is 1. The minimum absolute atomic E-state index is 0.0308. The Hall–Kier alpha value is -1.56. The highest BCUT2D eigenvalue weighted by atomic mass is 16.5. The summed E-state index contributed by atoms with van der Waals surface area (Å²) in [6.45, 7) is 4.12. The first-order valence-electron chi connectivity index (χ1n) is 4.57. The van der Waals surface area contributed by atoms with Gasteiger partial charge in [-0.1, -0.05) is 13.8 Å². The summed E-state index contributed by atoms with van der Waals surface area (Å²) in [4.78, 5) is 7.57. The van der Waals surface area contributed by atoms with Gasteiger partial charge < -0.3 is 21.3 Å². The summed E-state index contributed by atoms with van der Waals surface area (Å²) in [5.41, 5.74) is 10.5. The van der Waals surface area contributed by atoms with E-state index >= 15 is 0 Å². The Labute approximate surface area is 88.3 Å². The lowest BCUT2D eigenvalue weighted by molar-refractivity contribution is 0.0952. The van der Waals surface area contributed by atoms with Gasteiger partial charge in [0.2, 0.25) is 11.8 Å². The van der Waals surface area contributed by atoms with Crippen LogP contribution < -0.4 is 16.2 Å². The van der Waals surface area contributed by atoms with E-state index in [1.807, 2.05) is 13.8 Å². The fourth-order valence-corrected chi connectivity index (χ4v) is 0.850. The van der Waals surface area contributed by atoms with Crippen molar-refractivity contribution < 1.29 is 9.84 Å². The number of aliphatic hydroxyl groups is 1. The van der Waals surface area contributed by atoms with Gasteiger partial charge >= 0.3 is 0 Å². The van der Waals surface area contributed by atoms with Crippen molar-refractivity contribution in [3.63, 3.8) is 0 Å². The van der Waals surface area contributed by atoms with Crippen LogP contribution in [-0.4, -0.2) is 28.3 Å². The first-order chi connectivity index (χ1) is 6.93. The van der Waals surface area contributed by atoms with Crippen LogP contribution in [0.2, 0.25) is 0 Å². The van der Waals surface area contributed by atoms with Crippen molar-refractivity contribution in [1.82, 2.24) is 9.97 Å². The Morgan fingerprint density at radius 1 is 1.40 bits per heavy atom. The lowest BCUT2D eigenvalue weighted by atomic mass is 9.97. The molecule has 84 valence electrons. The second kappa shape index (κ2) is 4.31. The Bertz CT molecular complexity index is 321. The van der Waals surface area contributed by atoms with E-state index in [2.05, 4.69) is 9.97 Å². The van der Waals surface area contributed by atoms with Gasteiger partial charge in [0, 0.05) is 11.5 Å². The average molecular weight is 212 g/mol. The van der Waals surface area contributed by atoms with Gasteiger partial charge in [0.15, 0.2) is 0 Å². The molecule has 0 fully saturated rings. The zero-order valence-electron chi connectivity index (χ0n) is 8.90. The highest BCUT2D eigenvalue weighted by molar-refractivity contribution is 5.38. The van der Waals surface area contributed by atoms with Crippen molar-refractivity contribution in [1.29, 1.82) is 0 Å². The smallest absolute Gasteiger partial charge is 0.225 e. The predicted octanol–water partition coefficient (Wildman–Crippen LogP) is 0.0383. The van der Waals surface area contributed by atoms with Crippen molar-refractivity contribution in [2.24, 2.45) is 5.41 Å². The first-order valence-corrected chi connectivity index (χ1v) is 4.57. The maximum absolute atomic E-state index is 9.02. The highest BCUT2D eigenvalue weighted by Gasteiger charge is 2.17. The summed E-state index contributed by atoms with van der Waals surface area (Å²) >= 11 is 0. The summed E-state index contributed by atoms with van der Waals surface area (Å²) in [5, 5.41) is 9.02. The van der Waals surface area contributed by atoms with E-state index in [4.69, 9.17) is 21.3 Å². The van der Waals surface area contributed by atoms with Gasteiger partial charge in [-0.2, -0.15) is 9.97 Å². The number of nitrogens with two attached hydrogens (primary N) is 2. The van der Waals surface area contributed by atoms with Crippen LogP contribution in [0.3, 0.4) is 0 Å².